The third kappa shape index (κ3) is 4.61. The zero-order valence-corrected chi connectivity index (χ0v) is 13.0. The molecule has 5 nitrogen and oxygen atoms in total. The van der Waals surface area contributed by atoms with Gasteiger partial charge >= 0.3 is 0 Å². The van der Waals surface area contributed by atoms with Crippen molar-refractivity contribution in [2.45, 2.75) is 26.2 Å². The molecule has 0 bridgehead atoms. The molecule has 1 heterocycles. The molecule has 21 heavy (non-hydrogen) atoms. The first-order valence-corrected chi connectivity index (χ1v) is 7.69. The summed E-state index contributed by atoms with van der Waals surface area (Å²) in [5, 5.41) is 12.3. The molecule has 0 unspecified atom stereocenters. The van der Waals surface area contributed by atoms with Crippen molar-refractivity contribution < 1.29 is 9.59 Å². The van der Waals surface area contributed by atoms with Crippen molar-refractivity contribution in [3.8, 4) is 0 Å². The molecule has 1 N–H and O–H groups in total. The van der Waals surface area contributed by atoms with Gasteiger partial charge in [0.25, 0.3) is 0 Å². The fourth-order valence-corrected chi connectivity index (χ4v) is 2.46. The van der Waals surface area contributed by atoms with E-state index < -0.39 is 0 Å². The Morgan fingerprint density at radius 3 is 2.52 bits per heavy atom. The number of carbonyl (C=O) groups is 2. The summed E-state index contributed by atoms with van der Waals surface area (Å²) in [6, 6.07) is 6.62. The number of amides is 1. The summed E-state index contributed by atoms with van der Waals surface area (Å²) in [5.74, 6) is -0.329. The van der Waals surface area contributed by atoms with Crippen LogP contribution in [0.15, 0.2) is 24.3 Å². The second kappa shape index (κ2) is 7.28. The van der Waals surface area contributed by atoms with Crippen LogP contribution in [0.25, 0.3) is 0 Å². The van der Waals surface area contributed by atoms with E-state index in [-0.39, 0.29) is 24.5 Å². The van der Waals surface area contributed by atoms with Crippen LogP contribution in [0.3, 0.4) is 0 Å². The van der Waals surface area contributed by atoms with Crippen molar-refractivity contribution in [3.63, 3.8) is 0 Å². The fourth-order valence-electron chi connectivity index (χ4n) is 1.64. The third-order valence-corrected chi connectivity index (χ3v) is 4.00. The van der Waals surface area contributed by atoms with E-state index in [2.05, 4.69) is 15.5 Å². The number of ketones is 1. The molecular formula is C14H14ClN3O2S. The van der Waals surface area contributed by atoms with E-state index in [1.54, 1.807) is 24.3 Å². The topological polar surface area (TPSA) is 72.0 Å². The standard InChI is InChI=1S/C14H14ClN3O2S/c1-2-13-17-18-14(21-13)16-12(20)8-7-11(19)9-3-5-10(15)6-4-9/h3-6H,2,7-8H2,1H3,(H,16,18,20). The molecule has 0 aliphatic carbocycles. The Bertz CT molecular complexity index is 640. The Morgan fingerprint density at radius 1 is 1.19 bits per heavy atom. The number of nitrogens with one attached hydrogen (secondary N) is 1. The number of nitrogens with zero attached hydrogens (tertiary/aromatic N) is 2. The maximum atomic E-state index is 11.9. The van der Waals surface area contributed by atoms with Crippen LogP contribution in [0, 0.1) is 0 Å². The van der Waals surface area contributed by atoms with Crippen molar-refractivity contribution in [1.29, 1.82) is 0 Å². The van der Waals surface area contributed by atoms with E-state index in [0.717, 1.165) is 11.4 Å². The van der Waals surface area contributed by atoms with Crippen LogP contribution in [-0.2, 0) is 11.2 Å². The second-order valence-electron chi connectivity index (χ2n) is 4.33. The summed E-state index contributed by atoms with van der Waals surface area (Å²) in [6.07, 6.45) is 1.04. The Hall–Kier alpha value is -1.79. The van der Waals surface area contributed by atoms with Gasteiger partial charge in [0.2, 0.25) is 11.0 Å². The average Bonchev–Trinajstić information content (AvgIpc) is 2.93. The van der Waals surface area contributed by atoms with Crippen LogP contribution in [0.4, 0.5) is 5.13 Å². The van der Waals surface area contributed by atoms with E-state index in [0.29, 0.717) is 15.7 Å². The first-order valence-electron chi connectivity index (χ1n) is 6.49. The van der Waals surface area contributed by atoms with Crippen molar-refractivity contribution >= 4 is 39.8 Å². The number of aryl methyl sites for hydroxylation is 1. The molecule has 0 aliphatic heterocycles. The maximum absolute atomic E-state index is 11.9. The van der Waals surface area contributed by atoms with Crippen LogP contribution in [-0.4, -0.2) is 21.9 Å². The van der Waals surface area contributed by atoms with Gasteiger partial charge in [0.1, 0.15) is 5.01 Å². The molecule has 0 spiro atoms. The van der Waals surface area contributed by atoms with Gasteiger partial charge in [-0.2, -0.15) is 0 Å². The van der Waals surface area contributed by atoms with Gasteiger partial charge in [0.05, 0.1) is 0 Å². The second-order valence-corrected chi connectivity index (χ2v) is 5.83. The summed E-state index contributed by atoms with van der Waals surface area (Å²) in [6.45, 7) is 1.97. The lowest BCUT2D eigenvalue weighted by atomic mass is 10.1. The monoisotopic (exact) mass is 323 g/mol. The number of Topliss-reactive ketones (excluding diaryl/α,β-unsaturated/α-hetero) is 1. The van der Waals surface area contributed by atoms with Crippen molar-refractivity contribution in [2.24, 2.45) is 0 Å². The van der Waals surface area contributed by atoms with Gasteiger partial charge in [-0.25, -0.2) is 0 Å². The lowest BCUT2D eigenvalue weighted by Crippen LogP contribution is -2.13. The molecule has 1 amide bonds. The number of hydrogen-bond acceptors (Lipinski definition) is 5. The lowest BCUT2D eigenvalue weighted by Gasteiger charge is -2.02. The molecule has 0 saturated carbocycles. The molecule has 0 aliphatic rings. The molecule has 2 rings (SSSR count). The zero-order valence-electron chi connectivity index (χ0n) is 11.4. The Balaban J connectivity index is 1.83. The van der Waals surface area contributed by atoms with E-state index in [1.165, 1.54) is 11.3 Å². The van der Waals surface area contributed by atoms with Crippen molar-refractivity contribution in [1.82, 2.24) is 10.2 Å². The fraction of sp³-hybridized carbons (Fsp3) is 0.286. The molecule has 1 aromatic carbocycles. The van der Waals surface area contributed by atoms with Gasteiger partial charge in [-0.15, -0.1) is 10.2 Å². The molecule has 1 aromatic heterocycles. The van der Waals surface area contributed by atoms with Gasteiger partial charge in [0, 0.05) is 23.4 Å². The summed E-state index contributed by atoms with van der Waals surface area (Å²) in [5.41, 5.74) is 0.552. The number of hydrogen-bond donors (Lipinski definition) is 1. The Morgan fingerprint density at radius 2 is 1.90 bits per heavy atom. The Kier molecular flexibility index (Phi) is 5.41. The van der Waals surface area contributed by atoms with E-state index >= 15 is 0 Å². The lowest BCUT2D eigenvalue weighted by molar-refractivity contribution is -0.116. The minimum atomic E-state index is -0.240. The predicted molar refractivity (Wildman–Crippen MR) is 82.9 cm³/mol. The minimum Gasteiger partial charge on any atom is -0.301 e. The van der Waals surface area contributed by atoms with Gasteiger partial charge in [-0.3, -0.25) is 9.59 Å². The average molecular weight is 324 g/mol. The number of benzene rings is 1. The van der Waals surface area contributed by atoms with Crippen molar-refractivity contribution in [2.75, 3.05) is 5.32 Å². The zero-order chi connectivity index (χ0) is 15.2. The van der Waals surface area contributed by atoms with Crippen LogP contribution in [0.2, 0.25) is 5.02 Å². The number of rotatable bonds is 6. The van der Waals surface area contributed by atoms with Crippen LogP contribution >= 0.6 is 22.9 Å². The Labute approximate surface area is 131 Å². The van der Waals surface area contributed by atoms with Gasteiger partial charge in [-0.05, 0) is 30.7 Å². The predicted octanol–water partition coefficient (Wildman–Crippen LogP) is 3.36. The first kappa shape index (κ1) is 15.6. The van der Waals surface area contributed by atoms with Crippen molar-refractivity contribution in [3.05, 3.63) is 39.9 Å². The smallest absolute Gasteiger partial charge is 0.226 e. The highest BCUT2D eigenvalue weighted by Gasteiger charge is 2.11. The number of anilines is 1. The van der Waals surface area contributed by atoms with Gasteiger partial charge in [-0.1, -0.05) is 29.9 Å². The summed E-state index contributed by atoms with van der Waals surface area (Å²) in [7, 11) is 0. The number of halogens is 1. The molecule has 0 radical (unpaired) electrons. The normalized spacial score (nSPS) is 10.4. The molecule has 7 heteroatoms. The molecular weight excluding hydrogens is 310 g/mol. The van der Waals surface area contributed by atoms with E-state index in [9.17, 15) is 9.59 Å². The van der Waals surface area contributed by atoms with E-state index in [4.69, 9.17) is 11.6 Å². The molecule has 2 aromatic rings. The largest absolute Gasteiger partial charge is 0.301 e. The van der Waals surface area contributed by atoms with Crippen LogP contribution in [0.1, 0.15) is 35.1 Å². The maximum Gasteiger partial charge on any atom is 0.226 e. The molecule has 0 atom stereocenters. The van der Waals surface area contributed by atoms with Crippen LogP contribution in [0.5, 0.6) is 0 Å². The molecule has 110 valence electrons. The third-order valence-electron chi connectivity index (χ3n) is 2.76. The quantitative estimate of drug-likeness (QED) is 0.827. The van der Waals surface area contributed by atoms with Gasteiger partial charge in [0.15, 0.2) is 5.78 Å². The van der Waals surface area contributed by atoms with Gasteiger partial charge < -0.3 is 5.32 Å². The summed E-state index contributed by atoms with van der Waals surface area (Å²) >= 11 is 7.10. The van der Waals surface area contributed by atoms with E-state index in [1.807, 2.05) is 6.92 Å². The highest BCUT2D eigenvalue weighted by molar-refractivity contribution is 7.15. The number of carbonyl (C=O) groups excluding carboxylic acids is 2. The molecule has 0 saturated heterocycles. The molecule has 0 fully saturated rings. The summed E-state index contributed by atoms with van der Waals surface area (Å²) < 4.78 is 0. The first-order chi connectivity index (χ1) is 10.1. The number of aromatic nitrogens is 2. The summed E-state index contributed by atoms with van der Waals surface area (Å²) in [4.78, 5) is 23.7. The highest BCUT2D eigenvalue weighted by Crippen LogP contribution is 2.16. The van der Waals surface area contributed by atoms with Crippen LogP contribution < -0.4 is 5.32 Å². The highest BCUT2D eigenvalue weighted by atomic mass is 35.5. The SMILES string of the molecule is CCc1nnc(NC(=O)CCC(=O)c2ccc(Cl)cc2)s1. The minimum absolute atomic E-state index is 0.0895.